The Hall–Kier alpha value is -1.23. The van der Waals surface area contributed by atoms with Crippen LogP contribution in [0.15, 0.2) is 18.2 Å². The first-order valence-electron chi connectivity index (χ1n) is 4.84. The summed E-state index contributed by atoms with van der Waals surface area (Å²) in [5.74, 6) is -0.671. The molecule has 0 heterocycles. The number of carbonyl (C=O) groups is 1. The number of hydrogen-bond donors (Lipinski definition) is 0. The van der Waals surface area contributed by atoms with Crippen LogP contribution >= 0.6 is 11.6 Å². The van der Waals surface area contributed by atoms with E-state index in [-0.39, 0.29) is 23.6 Å². The smallest absolute Gasteiger partial charge is 0.406 e. The van der Waals surface area contributed by atoms with Crippen molar-refractivity contribution in [2.75, 3.05) is 0 Å². The minimum Gasteiger partial charge on any atom is -0.406 e. The van der Waals surface area contributed by atoms with Crippen LogP contribution in [0, 0.1) is 0 Å². The monoisotopic (exact) mass is 266 g/mol. The van der Waals surface area contributed by atoms with Gasteiger partial charge in [-0.05, 0) is 23.8 Å². The second-order valence-corrected chi connectivity index (χ2v) is 3.59. The lowest BCUT2D eigenvalue weighted by Gasteiger charge is -2.11. The van der Waals surface area contributed by atoms with Gasteiger partial charge in [-0.3, -0.25) is 4.79 Å². The van der Waals surface area contributed by atoms with Gasteiger partial charge < -0.3 is 4.74 Å². The maximum atomic E-state index is 12.1. The zero-order valence-electron chi connectivity index (χ0n) is 8.97. The van der Waals surface area contributed by atoms with Crippen molar-refractivity contribution in [2.24, 2.45) is 0 Å². The van der Waals surface area contributed by atoms with E-state index in [1.165, 1.54) is 6.07 Å². The Morgan fingerprint density at radius 3 is 2.47 bits per heavy atom. The largest absolute Gasteiger partial charge is 0.573 e. The molecule has 0 aliphatic carbocycles. The van der Waals surface area contributed by atoms with Gasteiger partial charge in [-0.25, -0.2) is 0 Å². The van der Waals surface area contributed by atoms with E-state index in [1.54, 1.807) is 6.92 Å². The molecule has 1 rings (SSSR count). The summed E-state index contributed by atoms with van der Waals surface area (Å²) in [6.07, 6.45) is -4.57. The quantitative estimate of drug-likeness (QED) is 0.610. The number of carbonyl (C=O) groups excluding carboxylic acids is 1. The first kappa shape index (κ1) is 13.8. The Morgan fingerprint density at radius 2 is 2.00 bits per heavy atom. The lowest BCUT2D eigenvalue weighted by molar-refractivity contribution is -0.274. The van der Waals surface area contributed by atoms with E-state index >= 15 is 0 Å². The van der Waals surface area contributed by atoms with Gasteiger partial charge in [0.25, 0.3) is 0 Å². The van der Waals surface area contributed by atoms with Gasteiger partial charge in [0.2, 0.25) is 0 Å². The zero-order valence-corrected chi connectivity index (χ0v) is 9.73. The highest BCUT2D eigenvalue weighted by Crippen LogP contribution is 2.26. The van der Waals surface area contributed by atoms with Crippen molar-refractivity contribution in [3.63, 3.8) is 0 Å². The molecule has 94 valence electrons. The standard InChI is InChI=1S/C11H10ClF3O2/c1-2-10(16)8-3-7(6-12)4-9(5-8)17-11(13,14)15/h3-5H,2,6H2,1H3. The van der Waals surface area contributed by atoms with Gasteiger partial charge in [0.15, 0.2) is 5.78 Å². The number of rotatable bonds is 4. The molecular weight excluding hydrogens is 257 g/mol. The van der Waals surface area contributed by atoms with Crippen molar-refractivity contribution in [3.05, 3.63) is 29.3 Å². The highest BCUT2D eigenvalue weighted by atomic mass is 35.5. The summed E-state index contributed by atoms with van der Waals surface area (Å²) in [4.78, 5) is 11.4. The minimum absolute atomic E-state index is 0.0129. The van der Waals surface area contributed by atoms with Crippen molar-refractivity contribution >= 4 is 17.4 Å². The van der Waals surface area contributed by atoms with Crippen LogP contribution in [-0.4, -0.2) is 12.1 Å². The molecule has 0 radical (unpaired) electrons. The molecule has 0 fully saturated rings. The Bertz CT molecular complexity index is 416. The second-order valence-electron chi connectivity index (χ2n) is 3.32. The number of hydrogen-bond acceptors (Lipinski definition) is 2. The summed E-state index contributed by atoms with van der Waals surface area (Å²) < 4.78 is 39.9. The van der Waals surface area contributed by atoms with Crippen molar-refractivity contribution in [1.82, 2.24) is 0 Å². The van der Waals surface area contributed by atoms with E-state index in [9.17, 15) is 18.0 Å². The minimum atomic E-state index is -4.78. The Balaban J connectivity index is 3.09. The average Bonchev–Trinajstić information content (AvgIpc) is 2.25. The van der Waals surface area contributed by atoms with Crippen LogP contribution in [-0.2, 0) is 5.88 Å². The van der Waals surface area contributed by atoms with Crippen LogP contribution in [0.3, 0.4) is 0 Å². The van der Waals surface area contributed by atoms with Crippen LogP contribution in [0.1, 0.15) is 29.3 Å². The maximum Gasteiger partial charge on any atom is 0.573 e. The van der Waals surface area contributed by atoms with Gasteiger partial charge in [0.1, 0.15) is 5.75 Å². The summed E-state index contributed by atoms with van der Waals surface area (Å²) in [5, 5.41) is 0. The van der Waals surface area contributed by atoms with E-state index in [0.717, 1.165) is 12.1 Å². The van der Waals surface area contributed by atoms with Gasteiger partial charge in [-0.15, -0.1) is 24.8 Å². The normalized spacial score (nSPS) is 11.4. The molecule has 17 heavy (non-hydrogen) atoms. The number of alkyl halides is 4. The lowest BCUT2D eigenvalue weighted by atomic mass is 10.1. The molecule has 2 nitrogen and oxygen atoms in total. The van der Waals surface area contributed by atoms with Gasteiger partial charge in [0, 0.05) is 17.9 Å². The summed E-state index contributed by atoms with van der Waals surface area (Å²) in [7, 11) is 0. The van der Waals surface area contributed by atoms with Crippen LogP contribution in [0.5, 0.6) is 5.75 Å². The van der Waals surface area contributed by atoms with Gasteiger partial charge in [-0.1, -0.05) is 6.92 Å². The topological polar surface area (TPSA) is 26.3 Å². The fourth-order valence-electron chi connectivity index (χ4n) is 1.30. The molecule has 0 aromatic heterocycles. The van der Waals surface area contributed by atoms with Gasteiger partial charge in [-0.2, -0.15) is 0 Å². The second kappa shape index (κ2) is 5.40. The van der Waals surface area contributed by atoms with Crippen molar-refractivity contribution in [2.45, 2.75) is 25.6 Å². The van der Waals surface area contributed by atoms with E-state index in [0.29, 0.717) is 5.56 Å². The Morgan fingerprint density at radius 1 is 1.35 bits per heavy atom. The van der Waals surface area contributed by atoms with Crippen LogP contribution < -0.4 is 4.74 Å². The highest BCUT2D eigenvalue weighted by Gasteiger charge is 2.31. The van der Waals surface area contributed by atoms with E-state index in [2.05, 4.69) is 4.74 Å². The molecule has 0 saturated heterocycles. The van der Waals surface area contributed by atoms with Crippen LogP contribution in [0.2, 0.25) is 0 Å². The number of benzene rings is 1. The lowest BCUT2D eigenvalue weighted by Crippen LogP contribution is -2.17. The highest BCUT2D eigenvalue weighted by molar-refractivity contribution is 6.17. The van der Waals surface area contributed by atoms with E-state index in [1.807, 2.05) is 0 Å². The maximum absolute atomic E-state index is 12.1. The third-order valence-electron chi connectivity index (χ3n) is 2.00. The zero-order chi connectivity index (χ0) is 13.1. The van der Waals surface area contributed by atoms with Crippen molar-refractivity contribution < 1.29 is 22.7 Å². The Kier molecular flexibility index (Phi) is 4.40. The predicted octanol–water partition coefficient (Wildman–Crippen LogP) is 3.92. The molecule has 0 spiro atoms. The predicted molar refractivity (Wildman–Crippen MR) is 57.3 cm³/mol. The molecule has 0 aliphatic rings. The SMILES string of the molecule is CCC(=O)c1cc(CCl)cc(OC(F)(F)F)c1. The fraction of sp³-hybridized carbons (Fsp3) is 0.364. The molecule has 0 bridgehead atoms. The summed E-state index contributed by atoms with van der Waals surface area (Å²) in [5.41, 5.74) is 0.579. The van der Waals surface area contributed by atoms with Crippen molar-refractivity contribution in [1.29, 1.82) is 0 Å². The molecule has 0 saturated carbocycles. The molecule has 0 amide bonds. The molecule has 0 atom stereocenters. The summed E-state index contributed by atoms with van der Waals surface area (Å²) in [6, 6.07) is 3.68. The van der Waals surface area contributed by atoms with Crippen molar-refractivity contribution in [3.8, 4) is 5.75 Å². The third-order valence-corrected chi connectivity index (χ3v) is 2.31. The van der Waals surface area contributed by atoms with E-state index in [4.69, 9.17) is 11.6 Å². The number of Topliss-reactive ketones (excluding diaryl/α,β-unsaturated/α-hetero) is 1. The third kappa shape index (κ3) is 4.26. The van der Waals surface area contributed by atoms with E-state index < -0.39 is 12.1 Å². The average molecular weight is 267 g/mol. The fourth-order valence-corrected chi connectivity index (χ4v) is 1.45. The Labute approximate surface area is 101 Å². The molecule has 0 aliphatic heterocycles. The first-order chi connectivity index (χ1) is 7.85. The molecule has 0 unspecified atom stereocenters. The molecule has 6 heteroatoms. The van der Waals surface area contributed by atoms with Gasteiger partial charge in [0.05, 0.1) is 0 Å². The summed E-state index contributed by atoms with van der Waals surface area (Å²) in [6.45, 7) is 1.62. The number of halogens is 4. The van der Waals surface area contributed by atoms with Crippen LogP contribution in [0.4, 0.5) is 13.2 Å². The molecule has 1 aromatic rings. The number of ether oxygens (including phenoxy) is 1. The first-order valence-corrected chi connectivity index (χ1v) is 5.38. The molecule has 1 aromatic carbocycles. The summed E-state index contributed by atoms with van der Waals surface area (Å²) >= 11 is 5.54. The molecular formula is C11H10ClF3O2. The van der Waals surface area contributed by atoms with Gasteiger partial charge >= 0.3 is 6.36 Å². The number of ketones is 1. The van der Waals surface area contributed by atoms with Crippen LogP contribution in [0.25, 0.3) is 0 Å². The molecule has 0 N–H and O–H groups in total.